The molecule has 3 nitrogen and oxygen atoms in total. The lowest BCUT2D eigenvalue weighted by Gasteiger charge is -2.08. The normalized spacial score (nSPS) is 10.6. The van der Waals surface area contributed by atoms with Crippen molar-refractivity contribution in [1.29, 1.82) is 0 Å². The smallest absolute Gasteiger partial charge is 0.222 e. The van der Waals surface area contributed by atoms with Crippen LogP contribution in [-0.4, -0.2) is 9.78 Å². The van der Waals surface area contributed by atoms with Crippen molar-refractivity contribution in [3.8, 4) is 11.6 Å². The van der Waals surface area contributed by atoms with E-state index in [2.05, 4.69) is 5.10 Å². The second-order valence-corrected chi connectivity index (χ2v) is 4.33. The lowest BCUT2D eigenvalue weighted by atomic mass is 10.3. The number of aromatic nitrogens is 2. The van der Waals surface area contributed by atoms with Crippen molar-refractivity contribution in [3.05, 3.63) is 40.5 Å². The predicted molar refractivity (Wildman–Crippen MR) is 69.0 cm³/mol. The number of ether oxygens (including phenoxy) is 1. The van der Waals surface area contributed by atoms with Gasteiger partial charge in [0.15, 0.2) is 0 Å². The van der Waals surface area contributed by atoms with Crippen LogP contribution < -0.4 is 4.74 Å². The van der Waals surface area contributed by atoms with Gasteiger partial charge in [0.2, 0.25) is 5.88 Å². The third-order valence-corrected chi connectivity index (χ3v) is 3.05. The van der Waals surface area contributed by atoms with Gasteiger partial charge in [0.05, 0.1) is 22.2 Å². The fourth-order valence-corrected chi connectivity index (χ4v) is 2.08. The topological polar surface area (TPSA) is 27.1 Å². The van der Waals surface area contributed by atoms with E-state index in [0.717, 1.165) is 11.3 Å². The van der Waals surface area contributed by atoms with Gasteiger partial charge in [-0.15, -0.1) is 11.6 Å². The molecule has 0 N–H and O–H groups in total. The molecule has 0 aliphatic rings. The number of para-hydroxylation sites is 1. The summed E-state index contributed by atoms with van der Waals surface area (Å²) in [6, 6.07) is 7.31. The van der Waals surface area contributed by atoms with Gasteiger partial charge in [-0.3, -0.25) is 0 Å². The fourth-order valence-electron chi connectivity index (χ4n) is 1.59. The van der Waals surface area contributed by atoms with Crippen molar-refractivity contribution >= 4 is 23.2 Å². The summed E-state index contributed by atoms with van der Waals surface area (Å²) in [5.41, 5.74) is 1.75. The first-order valence-electron chi connectivity index (χ1n) is 5.14. The highest BCUT2D eigenvalue weighted by Gasteiger charge is 2.15. The Labute approximate surface area is 110 Å². The van der Waals surface area contributed by atoms with Gasteiger partial charge in [-0.05, 0) is 19.1 Å². The molecule has 0 fully saturated rings. The molecule has 0 aliphatic carbocycles. The molecule has 1 heterocycles. The highest BCUT2D eigenvalue weighted by molar-refractivity contribution is 6.32. The minimum Gasteiger partial charge on any atom is -0.437 e. The highest BCUT2D eigenvalue weighted by atomic mass is 35.5. The average molecular weight is 271 g/mol. The largest absolute Gasteiger partial charge is 0.437 e. The Morgan fingerprint density at radius 1 is 1.35 bits per heavy atom. The molecule has 0 spiro atoms. The first kappa shape index (κ1) is 12.3. The van der Waals surface area contributed by atoms with E-state index in [4.69, 9.17) is 27.9 Å². The number of alkyl halides is 1. The van der Waals surface area contributed by atoms with Gasteiger partial charge in [-0.25, -0.2) is 4.68 Å². The number of nitrogens with zero attached hydrogens (tertiary/aromatic N) is 2. The number of rotatable bonds is 3. The number of hydrogen-bond acceptors (Lipinski definition) is 2. The summed E-state index contributed by atoms with van der Waals surface area (Å²) in [4.78, 5) is 0. The fraction of sp³-hybridized carbons (Fsp3) is 0.250. The molecule has 0 saturated heterocycles. The first-order chi connectivity index (χ1) is 8.13. The van der Waals surface area contributed by atoms with E-state index in [1.54, 1.807) is 10.7 Å². The van der Waals surface area contributed by atoms with Crippen molar-refractivity contribution in [2.24, 2.45) is 7.05 Å². The quantitative estimate of drug-likeness (QED) is 0.791. The summed E-state index contributed by atoms with van der Waals surface area (Å²) in [5, 5.41) is 4.83. The van der Waals surface area contributed by atoms with Crippen molar-refractivity contribution in [2.75, 3.05) is 0 Å². The lowest BCUT2D eigenvalue weighted by Crippen LogP contribution is -1.96. The Bertz CT molecular complexity index is 537. The zero-order chi connectivity index (χ0) is 12.4. The minimum atomic E-state index is 0.361. The predicted octanol–water partition coefficient (Wildman–Crippen LogP) is 3.91. The van der Waals surface area contributed by atoms with E-state index in [-0.39, 0.29) is 0 Å². The Hall–Kier alpha value is -1.19. The maximum atomic E-state index is 6.04. The second kappa shape index (κ2) is 4.98. The second-order valence-electron chi connectivity index (χ2n) is 3.66. The van der Waals surface area contributed by atoms with Crippen LogP contribution in [0.1, 0.15) is 11.3 Å². The maximum Gasteiger partial charge on any atom is 0.222 e. The summed E-state index contributed by atoms with van der Waals surface area (Å²) < 4.78 is 7.43. The summed E-state index contributed by atoms with van der Waals surface area (Å²) >= 11 is 11.9. The molecule has 0 aliphatic heterocycles. The van der Waals surface area contributed by atoms with Crippen LogP contribution in [0.3, 0.4) is 0 Å². The summed E-state index contributed by atoms with van der Waals surface area (Å²) in [6.07, 6.45) is 0. The molecule has 0 bridgehead atoms. The van der Waals surface area contributed by atoms with Crippen molar-refractivity contribution < 1.29 is 4.74 Å². The molecule has 0 saturated carbocycles. The molecule has 2 aromatic rings. The molecule has 1 aromatic carbocycles. The molecule has 2 rings (SSSR count). The monoisotopic (exact) mass is 270 g/mol. The summed E-state index contributed by atoms with van der Waals surface area (Å²) in [5.74, 6) is 1.59. The van der Waals surface area contributed by atoms with Crippen LogP contribution in [0.2, 0.25) is 5.02 Å². The van der Waals surface area contributed by atoms with Gasteiger partial charge in [0.25, 0.3) is 0 Å². The molecular formula is C12H12Cl2N2O. The molecule has 5 heteroatoms. The molecular weight excluding hydrogens is 259 g/mol. The third-order valence-electron chi connectivity index (χ3n) is 2.47. The molecule has 0 amide bonds. The Kier molecular flexibility index (Phi) is 3.60. The van der Waals surface area contributed by atoms with Crippen LogP contribution in [0.5, 0.6) is 11.6 Å². The summed E-state index contributed by atoms with van der Waals surface area (Å²) in [7, 11) is 1.81. The Balaban J connectivity index is 2.40. The van der Waals surface area contributed by atoms with E-state index in [1.807, 2.05) is 32.2 Å². The van der Waals surface area contributed by atoms with Gasteiger partial charge >= 0.3 is 0 Å². The van der Waals surface area contributed by atoms with E-state index in [9.17, 15) is 0 Å². The van der Waals surface area contributed by atoms with E-state index in [1.165, 1.54) is 0 Å². The van der Waals surface area contributed by atoms with Gasteiger partial charge in [-0.1, -0.05) is 23.7 Å². The number of halogens is 2. The van der Waals surface area contributed by atoms with E-state index >= 15 is 0 Å². The molecule has 90 valence electrons. The maximum absolute atomic E-state index is 6.04. The van der Waals surface area contributed by atoms with Gasteiger partial charge in [0.1, 0.15) is 5.75 Å². The standard InChI is InChI=1S/C12H12Cl2N2O/c1-8-9(7-13)12(16(2)15-8)17-11-6-4-3-5-10(11)14/h3-6H,7H2,1-2H3. The molecule has 0 radical (unpaired) electrons. The molecule has 17 heavy (non-hydrogen) atoms. The minimum absolute atomic E-state index is 0.361. The summed E-state index contributed by atoms with van der Waals surface area (Å²) in [6.45, 7) is 1.90. The third kappa shape index (κ3) is 2.40. The van der Waals surface area contributed by atoms with Gasteiger partial charge in [0, 0.05) is 7.05 Å². The average Bonchev–Trinajstić information content (AvgIpc) is 2.56. The van der Waals surface area contributed by atoms with Crippen LogP contribution in [0, 0.1) is 6.92 Å². The zero-order valence-electron chi connectivity index (χ0n) is 9.58. The van der Waals surface area contributed by atoms with Crippen LogP contribution in [0.25, 0.3) is 0 Å². The van der Waals surface area contributed by atoms with E-state index in [0.29, 0.717) is 22.5 Å². The Morgan fingerprint density at radius 2 is 2.06 bits per heavy atom. The lowest BCUT2D eigenvalue weighted by molar-refractivity contribution is 0.427. The van der Waals surface area contributed by atoms with Crippen LogP contribution in [-0.2, 0) is 12.9 Å². The van der Waals surface area contributed by atoms with Crippen LogP contribution >= 0.6 is 23.2 Å². The number of benzene rings is 1. The first-order valence-corrected chi connectivity index (χ1v) is 6.05. The molecule has 0 atom stereocenters. The van der Waals surface area contributed by atoms with Crippen LogP contribution in [0.4, 0.5) is 0 Å². The number of hydrogen-bond donors (Lipinski definition) is 0. The zero-order valence-corrected chi connectivity index (χ0v) is 11.1. The molecule has 0 unspecified atom stereocenters. The van der Waals surface area contributed by atoms with Gasteiger partial charge in [-0.2, -0.15) is 5.10 Å². The molecule has 1 aromatic heterocycles. The SMILES string of the molecule is Cc1nn(C)c(Oc2ccccc2Cl)c1CCl. The van der Waals surface area contributed by atoms with Crippen molar-refractivity contribution in [2.45, 2.75) is 12.8 Å². The van der Waals surface area contributed by atoms with Crippen molar-refractivity contribution in [3.63, 3.8) is 0 Å². The number of aryl methyl sites for hydroxylation is 2. The van der Waals surface area contributed by atoms with Crippen LogP contribution in [0.15, 0.2) is 24.3 Å². The highest BCUT2D eigenvalue weighted by Crippen LogP contribution is 2.32. The Morgan fingerprint density at radius 3 is 2.71 bits per heavy atom. The van der Waals surface area contributed by atoms with Crippen molar-refractivity contribution in [1.82, 2.24) is 9.78 Å². The van der Waals surface area contributed by atoms with Gasteiger partial charge < -0.3 is 4.74 Å². The van der Waals surface area contributed by atoms with E-state index < -0.39 is 0 Å².